The fourth-order valence-corrected chi connectivity index (χ4v) is 11.6. The molecule has 0 spiro atoms. The second kappa shape index (κ2) is 16.1. The maximum absolute atomic E-state index is 13.9. The maximum Gasteiger partial charge on any atom is 0.241 e. The van der Waals surface area contributed by atoms with Crippen molar-refractivity contribution in [2.75, 3.05) is 32.1 Å². The zero-order valence-corrected chi connectivity index (χ0v) is 29.3. The van der Waals surface area contributed by atoms with Crippen molar-refractivity contribution in [1.82, 2.24) is 10.2 Å². The van der Waals surface area contributed by atoms with Gasteiger partial charge in [0, 0.05) is 18.8 Å². The molecule has 2 heterocycles. The van der Waals surface area contributed by atoms with E-state index < -0.39 is 8.07 Å². The van der Waals surface area contributed by atoms with Crippen molar-refractivity contribution in [1.29, 1.82) is 0 Å². The molecule has 3 aromatic rings. The minimum atomic E-state index is -2.13. The number of hydrogen-bond acceptors (Lipinski definition) is 6. The van der Waals surface area contributed by atoms with Crippen LogP contribution in [0.15, 0.2) is 78.9 Å². The number of aliphatic hydroxyl groups is 1. The Morgan fingerprint density at radius 1 is 1.00 bits per heavy atom. The first-order valence-corrected chi connectivity index (χ1v) is 20.1. The summed E-state index contributed by atoms with van der Waals surface area (Å²) in [6.07, 6.45) is 3.67. The van der Waals surface area contributed by atoms with Gasteiger partial charge in [-0.25, -0.2) is 0 Å². The van der Waals surface area contributed by atoms with Crippen LogP contribution >= 0.6 is 0 Å². The monoisotopic (exact) mass is 657 g/mol. The molecule has 2 amide bonds. The molecule has 2 saturated heterocycles. The lowest BCUT2D eigenvalue weighted by molar-refractivity contribution is -0.135. The van der Waals surface area contributed by atoms with Gasteiger partial charge in [0.05, 0.1) is 46.5 Å². The maximum atomic E-state index is 13.9. The smallest absolute Gasteiger partial charge is 0.241 e. The summed E-state index contributed by atoms with van der Waals surface area (Å²) in [5.74, 6) is 1.13. The number of hydrogen-bond donors (Lipinski definition) is 3. The topological polar surface area (TPSA) is 100 Å². The van der Waals surface area contributed by atoms with Crippen LogP contribution in [0.4, 0.5) is 5.69 Å². The Morgan fingerprint density at radius 3 is 2.36 bits per heavy atom. The van der Waals surface area contributed by atoms with Crippen LogP contribution in [0, 0.1) is 5.92 Å². The number of aryl methyl sites for hydroxylation is 1. The number of amides is 2. The molecule has 2 aliphatic heterocycles. The van der Waals surface area contributed by atoms with Gasteiger partial charge in [-0.15, -0.1) is 0 Å². The van der Waals surface area contributed by atoms with E-state index in [4.69, 9.17) is 9.47 Å². The van der Waals surface area contributed by atoms with Gasteiger partial charge in [-0.3, -0.25) is 9.59 Å². The lowest BCUT2D eigenvalue weighted by Crippen LogP contribution is -2.51. The SMILES string of the molecule is COc1ccc([Si](C)(C)[C@@H]2[C@@H](C)[C@@H](CCc3ccc(NC(=O)[C@H]4CCCN4)cc3)O[C@H]2CC(=O)N(CCO)Cc2ccccc2)cc1. The Hall–Kier alpha value is -3.50. The van der Waals surface area contributed by atoms with Crippen LogP contribution in [-0.4, -0.2) is 75.0 Å². The fourth-order valence-electron chi connectivity index (χ4n) is 7.56. The molecule has 0 saturated carbocycles. The molecule has 0 aromatic heterocycles. The molecular weight excluding hydrogens is 607 g/mol. The Balaban J connectivity index is 1.30. The minimum Gasteiger partial charge on any atom is -0.497 e. The summed E-state index contributed by atoms with van der Waals surface area (Å²) >= 11 is 0. The summed E-state index contributed by atoms with van der Waals surface area (Å²) in [6, 6.07) is 26.4. The first-order chi connectivity index (χ1) is 22.7. The van der Waals surface area contributed by atoms with Crippen molar-refractivity contribution in [2.45, 2.75) is 82.5 Å². The summed E-state index contributed by atoms with van der Waals surface area (Å²) in [6.45, 7) is 8.64. The van der Waals surface area contributed by atoms with E-state index in [0.29, 0.717) is 6.54 Å². The zero-order chi connectivity index (χ0) is 33.4. The molecule has 5 rings (SSSR count). The third-order valence-corrected chi connectivity index (χ3v) is 14.6. The van der Waals surface area contributed by atoms with Gasteiger partial charge in [0.15, 0.2) is 0 Å². The van der Waals surface area contributed by atoms with Gasteiger partial charge in [-0.1, -0.05) is 79.8 Å². The lowest BCUT2D eigenvalue weighted by Gasteiger charge is -2.36. The standard InChI is InChI=1S/C38H51N3O5Si/c1-27-34(21-14-28-12-15-30(16-13-28)40-38(44)33-11-8-22-39-33)46-35(37(27)47(3,4)32-19-17-31(45-2)18-20-32)25-36(43)41(23-24-42)26-29-9-6-5-7-10-29/h5-7,9-10,12-13,15-20,27,33-35,37,39,42H,8,11,14,21-26H2,1-4H3,(H,40,44)/t27-,33+,34+,35-,37+/m0/s1. The van der Waals surface area contributed by atoms with Crippen molar-refractivity contribution < 1.29 is 24.2 Å². The summed E-state index contributed by atoms with van der Waals surface area (Å²) in [5.41, 5.74) is 3.27. The summed E-state index contributed by atoms with van der Waals surface area (Å²) in [4.78, 5) is 28.2. The van der Waals surface area contributed by atoms with Crippen molar-refractivity contribution in [3.05, 3.63) is 90.0 Å². The molecule has 252 valence electrons. The number of aliphatic hydroxyl groups excluding tert-OH is 1. The van der Waals surface area contributed by atoms with E-state index in [1.807, 2.05) is 54.6 Å². The number of carbonyl (C=O) groups excluding carboxylic acids is 2. The van der Waals surface area contributed by atoms with Crippen molar-refractivity contribution in [2.24, 2.45) is 5.92 Å². The molecule has 0 radical (unpaired) electrons. The molecule has 2 fully saturated rings. The first kappa shape index (κ1) is 34.8. The zero-order valence-electron chi connectivity index (χ0n) is 28.3. The molecule has 9 heteroatoms. The first-order valence-electron chi connectivity index (χ1n) is 17.1. The molecule has 5 atom stereocenters. The number of nitrogens with zero attached hydrogens (tertiary/aromatic N) is 1. The highest BCUT2D eigenvalue weighted by atomic mass is 28.3. The molecule has 0 unspecified atom stereocenters. The highest BCUT2D eigenvalue weighted by Gasteiger charge is 2.51. The highest BCUT2D eigenvalue weighted by molar-refractivity contribution is 6.91. The average molecular weight is 658 g/mol. The van der Waals surface area contributed by atoms with Crippen LogP contribution in [-0.2, 0) is 27.3 Å². The Kier molecular flexibility index (Phi) is 11.9. The molecular formula is C38H51N3O5Si. The number of benzene rings is 3. The summed E-state index contributed by atoms with van der Waals surface area (Å²) in [5, 5.41) is 17.4. The molecule has 47 heavy (non-hydrogen) atoms. The third kappa shape index (κ3) is 8.70. The Bertz CT molecular complexity index is 1440. The minimum absolute atomic E-state index is 0.00993. The van der Waals surface area contributed by atoms with Crippen molar-refractivity contribution in [3.63, 3.8) is 0 Å². The normalized spacial score (nSPS) is 22.6. The van der Waals surface area contributed by atoms with Crippen LogP contribution in [0.3, 0.4) is 0 Å². The van der Waals surface area contributed by atoms with Gasteiger partial charge in [0.1, 0.15) is 5.75 Å². The fraction of sp³-hybridized carbons (Fsp3) is 0.474. The second-order valence-corrected chi connectivity index (χ2v) is 18.3. The van der Waals surface area contributed by atoms with Crippen LogP contribution in [0.5, 0.6) is 5.75 Å². The number of ether oxygens (including phenoxy) is 2. The summed E-state index contributed by atoms with van der Waals surface area (Å²) < 4.78 is 12.3. The van der Waals surface area contributed by atoms with Gasteiger partial charge in [0.2, 0.25) is 11.8 Å². The van der Waals surface area contributed by atoms with Gasteiger partial charge in [-0.2, -0.15) is 0 Å². The molecule has 0 aliphatic carbocycles. The third-order valence-electron chi connectivity index (χ3n) is 10.2. The molecule has 2 aliphatic rings. The van der Waals surface area contributed by atoms with Crippen LogP contribution in [0.25, 0.3) is 0 Å². The van der Waals surface area contributed by atoms with E-state index in [1.165, 1.54) is 10.8 Å². The lowest BCUT2D eigenvalue weighted by atomic mass is 9.95. The summed E-state index contributed by atoms with van der Waals surface area (Å²) in [7, 11) is -0.451. The second-order valence-electron chi connectivity index (χ2n) is 13.7. The molecule has 0 bridgehead atoms. The number of nitrogens with one attached hydrogen (secondary N) is 2. The van der Waals surface area contributed by atoms with Gasteiger partial charge >= 0.3 is 0 Å². The van der Waals surface area contributed by atoms with Crippen LogP contribution in [0.2, 0.25) is 18.6 Å². The average Bonchev–Trinajstić information content (AvgIpc) is 3.73. The number of anilines is 1. The van der Waals surface area contributed by atoms with Crippen LogP contribution < -0.4 is 20.6 Å². The van der Waals surface area contributed by atoms with Crippen LogP contribution in [0.1, 0.15) is 43.7 Å². The number of rotatable bonds is 14. The quantitative estimate of drug-likeness (QED) is 0.208. The molecule has 3 aromatic carbocycles. The van der Waals surface area contributed by atoms with Gasteiger partial charge < -0.3 is 30.1 Å². The number of methoxy groups -OCH3 is 1. The highest BCUT2D eigenvalue weighted by Crippen LogP contribution is 2.46. The van der Waals surface area contributed by atoms with E-state index in [1.54, 1.807) is 12.0 Å². The van der Waals surface area contributed by atoms with E-state index in [-0.39, 0.29) is 61.1 Å². The Morgan fingerprint density at radius 2 is 1.72 bits per heavy atom. The van der Waals surface area contributed by atoms with E-state index in [9.17, 15) is 14.7 Å². The van der Waals surface area contributed by atoms with Crippen molar-refractivity contribution >= 4 is 30.8 Å². The Labute approximate surface area is 280 Å². The largest absolute Gasteiger partial charge is 0.497 e. The number of carbonyl (C=O) groups is 2. The van der Waals surface area contributed by atoms with E-state index in [2.05, 4.69) is 54.9 Å². The van der Waals surface area contributed by atoms with E-state index in [0.717, 1.165) is 49.2 Å². The predicted molar refractivity (Wildman–Crippen MR) is 190 cm³/mol. The predicted octanol–water partition coefficient (Wildman–Crippen LogP) is 5.12. The van der Waals surface area contributed by atoms with Crippen molar-refractivity contribution in [3.8, 4) is 5.75 Å². The molecule has 3 N–H and O–H groups in total. The van der Waals surface area contributed by atoms with Gasteiger partial charge in [0.25, 0.3) is 0 Å². The van der Waals surface area contributed by atoms with E-state index >= 15 is 0 Å². The molecule has 8 nitrogen and oxygen atoms in total. The van der Waals surface area contributed by atoms with Gasteiger partial charge in [-0.05, 0) is 79.1 Å².